The zero-order chi connectivity index (χ0) is 39.6. The molecule has 1 N–H and O–H groups in total. The van der Waals surface area contributed by atoms with Crippen molar-refractivity contribution in [2.24, 2.45) is 11.8 Å². The van der Waals surface area contributed by atoms with Crippen LogP contribution >= 0.6 is 0 Å². The van der Waals surface area contributed by atoms with E-state index >= 15 is 9.59 Å². The van der Waals surface area contributed by atoms with Crippen LogP contribution in [0.5, 0.6) is 0 Å². The quantitative estimate of drug-likeness (QED) is 0.108. The van der Waals surface area contributed by atoms with Crippen LogP contribution in [0.3, 0.4) is 0 Å². The highest BCUT2D eigenvalue weighted by atomic mass is 16.6. The van der Waals surface area contributed by atoms with Gasteiger partial charge < -0.3 is 29.3 Å². The van der Waals surface area contributed by atoms with Gasteiger partial charge in [0.1, 0.15) is 17.7 Å². The van der Waals surface area contributed by atoms with Crippen molar-refractivity contribution in [3.63, 3.8) is 0 Å². The van der Waals surface area contributed by atoms with Gasteiger partial charge in [-0.1, -0.05) is 103 Å². The fraction of sp³-hybridized carbons (Fsp3) is 0.348. The molecule has 56 heavy (non-hydrogen) atoms. The summed E-state index contributed by atoms with van der Waals surface area (Å²) in [7, 11) is 1.69. The minimum Gasteiger partial charge on any atom is -0.455 e. The number of aliphatic hydroxyl groups excluding tert-OH is 1. The topological polar surface area (TPSA) is 117 Å². The summed E-state index contributed by atoms with van der Waals surface area (Å²) in [4.78, 5) is 62.9. The maximum Gasteiger partial charge on any atom is 0.313 e. The standard InChI is InChI=1S/C46H49N3O7/c1-5-7-22-38(51)47(4)30(3)41(33-19-12-9-13-20-33)55-45(54)39-37-25-26-46(56-37)40(39)43(52)49(36(29-50)32-17-10-8-11-18-32)42(46)44(53)48(27-6-2)35-24-23-31-16-14-15-21-34(31)28-35/h5-6,8-21,23-24,28,30,36-37,39-42,50H,1-2,7,22,25-27,29H2,3-4H3/t30-,36-,37+,39-,40-,41+,42+,46-/m1/s1. The van der Waals surface area contributed by atoms with Crippen LogP contribution in [0, 0.1) is 11.8 Å². The predicted molar refractivity (Wildman–Crippen MR) is 214 cm³/mol. The van der Waals surface area contributed by atoms with Gasteiger partial charge >= 0.3 is 5.97 Å². The lowest BCUT2D eigenvalue weighted by atomic mass is 9.70. The lowest BCUT2D eigenvalue weighted by molar-refractivity contribution is -0.165. The van der Waals surface area contributed by atoms with Gasteiger partial charge in [-0.2, -0.15) is 0 Å². The number of carbonyl (C=O) groups excluding carboxylic acids is 4. The molecule has 3 amide bonds. The summed E-state index contributed by atoms with van der Waals surface area (Å²) < 4.78 is 13.2. The molecule has 10 nitrogen and oxygen atoms in total. The maximum atomic E-state index is 15.3. The molecule has 0 saturated carbocycles. The number of hydrogen-bond acceptors (Lipinski definition) is 7. The van der Waals surface area contributed by atoms with Crippen LogP contribution in [0.15, 0.2) is 128 Å². The number of hydrogen-bond donors (Lipinski definition) is 1. The average molecular weight is 756 g/mol. The molecule has 4 aromatic rings. The molecule has 3 fully saturated rings. The molecule has 0 unspecified atom stereocenters. The van der Waals surface area contributed by atoms with E-state index in [1.165, 1.54) is 4.90 Å². The molecular formula is C46H49N3O7. The van der Waals surface area contributed by atoms with Gasteiger partial charge in [-0.05, 0) is 60.2 Å². The van der Waals surface area contributed by atoms with E-state index in [4.69, 9.17) is 9.47 Å². The number of likely N-dealkylation sites (tertiary alicyclic amines) is 1. The van der Waals surface area contributed by atoms with Crippen LogP contribution in [0.2, 0.25) is 0 Å². The van der Waals surface area contributed by atoms with Crippen molar-refractivity contribution in [3.8, 4) is 0 Å². The Balaban J connectivity index is 1.28. The van der Waals surface area contributed by atoms with Crippen LogP contribution in [-0.2, 0) is 28.7 Å². The Morgan fingerprint density at radius 2 is 1.61 bits per heavy atom. The third-order valence-corrected chi connectivity index (χ3v) is 11.9. The fourth-order valence-corrected chi connectivity index (χ4v) is 9.07. The highest BCUT2D eigenvalue weighted by Gasteiger charge is 2.76. The zero-order valence-corrected chi connectivity index (χ0v) is 31.9. The van der Waals surface area contributed by atoms with Crippen LogP contribution in [0.1, 0.15) is 55.9 Å². The molecule has 2 bridgehead atoms. The molecule has 0 aromatic heterocycles. The van der Waals surface area contributed by atoms with Crippen molar-refractivity contribution in [2.45, 2.75) is 68.5 Å². The van der Waals surface area contributed by atoms with E-state index in [1.807, 2.05) is 110 Å². The molecule has 8 atom stereocenters. The van der Waals surface area contributed by atoms with Crippen molar-refractivity contribution in [1.82, 2.24) is 9.80 Å². The van der Waals surface area contributed by atoms with Gasteiger partial charge in [-0.25, -0.2) is 0 Å². The normalized spacial score (nSPS) is 23.9. The first-order chi connectivity index (χ1) is 27.1. The molecule has 1 spiro atoms. The Morgan fingerprint density at radius 3 is 2.27 bits per heavy atom. The third-order valence-electron chi connectivity index (χ3n) is 11.9. The lowest BCUT2D eigenvalue weighted by Gasteiger charge is -2.39. The van der Waals surface area contributed by atoms with Crippen LogP contribution in [0.25, 0.3) is 10.8 Å². The van der Waals surface area contributed by atoms with E-state index in [1.54, 1.807) is 29.0 Å². The molecule has 3 aliphatic heterocycles. The SMILES string of the molecule is C=CCCC(=O)N(C)[C@H](C)[C@H](OC(=O)[C@@H]1[C@@H]2CC[C@]3(O2)[C@H](C(=O)N(CC=C)c2ccc4ccccc4c2)N([C@H](CO)c2ccccc2)C(=O)[C@@H]13)c1ccccc1. The first kappa shape index (κ1) is 38.7. The molecule has 3 aliphatic rings. The number of ether oxygens (including phenoxy) is 2. The van der Waals surface area contributed by atoms with E-state index in [0.717, 1.165) is 10.8 Å². The van der Waals surface area contributed by atoms with Gasteiger partial charge in [0, 0.05) is 25.7 Å². The predicted octanol–water partition coefficient (Wildman–Crippen LogP) is 6.56. The average Bonchev–Trinajstić information content (AvgIpc) is 3.88. The summed E-state index contributed by atoms with van der Waals surface area (Å²) in [6.45, 7) is 9.20. The van der Waals surface area contributed by atoms with Crippen molar-refractivity contribution in [3.05, 3.63) is 140 Å². The number of fused-ring (bicyclic) bond motifs is 2. The van der Waals surface area contributed by atoms with Gasteiger partial charge in [0.25, 0.3) is 5.91 Å². The molecule has 0 aliphatic carbocycles. The molecule has 290 valence electrons. The van der Waals surface area contributed by atoms with Gasteiger partial charge in [0.15, 0.2) is 0 Å². The number of nitrogens with zero attached hydrogens (tertiary/aromatic N) is 3. The van der Waals surface area contributed by atoms with Crippen molar-refractivity contribution >= 4 is 40.2 Å². The zero-order valence-electron chi connectivity index (χ0n) is 31.9. The first-order valence-corrected chi connectivity index (χ1v) is 19.3. The third kappa shape index (κ3) is 6.81. The van der Waals surface area contributed by atoms with Crippen molar-refractivity contribution in [2.75, 3.05) is 25.1 Å². The van der Waals surface area contributed by atoms with Crippen LogP contribution < -0.4 is 4.90 Å². The minimum atomic E-state index is -1.37. The fourth-order valence-electron chi connectivity index (χ4n) is 9.07. The Kier molecular flexibility index (Phi) is 11.2. The number of amides is 3. The monoisotopic (exact) mass is 755 g/mol. The van der Waals surface area contributed by atoms with E-state index in [2.05, 4.69) is 13.2 Å². The van der Waals surface area contributed by atoms with Crippen LogP contribution in [0.4, 0.5) is 5.69 Å². The second-order valence-corrected chi connectivity index (χ2v) is 15.0. The van der Waals surface area contributed by atoms with E-state index in [0.29, 0.717) is 36.1 Å². The number of rotatable bonds is 15. The summed E-state index contributed by atoms with van der Waals surface area (Å²) in [6.07, 6.45) is 3.36. The lowest BCUT2D eigenvalue weighted by Crippen LogP contribution is -2.57. The number of benzene rings is 4. The number of carbonyl (C=O) groups is 4. The summed E-state index contributed by atoms with van der Waals surface area (Å²) in [5.41, 5.74) is 0.597. The number of likely N-dealkylation sites (N-methyl/N-ethyl adjacent to an activating group) is 1. The van der Waals surface area contributed by atoms with Gasteiger partial charge in [-0.3, -0.25) is 19.2 Å². The number of aliphatic hydroxyl groups is 1. The largest absolute Gasteiger partial charge is 0.455 e. The molecule has 0 radical (unpaired) electrons. The van der Waals surface area contributed by atoms with Crippen molar-refractivity contribution in [1.29, 1.82) is 0 Å². The smallest absolute Gasteiger partial charge is 0.313 e. The highest BCUT2D eigenvalue weighted by molar-refractivity contribution is 6.05. The maximum absolute atomic E-state index is 15.3. The Labute approximate surface area is 328 Å². The second-order valence-electron chi connectivity index (χ2n) is 15.0. The Hall–Kier alpha value is -5.58. The molecular weight excluding hydrogens is 707 g/mol. The van der Waals surface area contributed by atoms with E-state index < -0.39 is 72.2 Å². The molecule has 7 rings (SSSR count). The Morgan fingerprint density at radius 1 is 0.946 bits per heavy atom. The number of anilines is 1. The van der Waals surface area contributed by atoms with Crippen molar-refractivity contribution < 1.29 is 33.8 Å². The van der Waals surface area contributed by atoms with Gasteiger partial charge in [0.2, 0.25) is 11.8 Å². The first-order valence-electron chi connectivity index (χ1n) is 19.3. The molecule has 4 aromatic carbocycles. The summed E-state index contributed by atoms with van der Waals surface area (Å²) >= 11 is 0. The summed E-state index contributed by atoms with van der Waals surface area (Å²) in [5, 5.41) is 12.9. The highest BCUT2D eigenvalue weighted by Crippen LogP contribution is 2.60. The van der Waals surface area contributed by atoms with Gasteiger partial charge in [0.05, 0.1) is 36.6 Å². The second kappa shape index (κ2) is 16.3. The summed E-state index contributed by atoms with van der Waals surface area (Å²) in [6, 6.07) is 29.3. The van der Waals surface area contributed by atoms with Gasteiger partial charge in [-0.15, -0.1) is 13.2 Å². The number of esters is 1. The summed E-state index contributed by atoms with van der Waals surface area (Å²) in [5.74, 6) is -3.68. The van der Waals surface area contributed by atoms with Crippen LogP contribution in [-0.4, -0.2) is 82.6 Å². The van der Waals surface area contributed by atoms with E-state index in [-0.39, 0.29) is 18.9 Å². The Bertz CT molecular complexity index is 2110. The molecule has 3 saturated heterocycles. The number of allylic oxidation sites excluding steroid dienone is 1. The molecule has 10 heteroatoms. The van der Waals surface area contributed by atoms with E-state index in [9.17, 15) is 14.7 Å². The molecule has 3 heterocycles. The minimum absolute atomic E-state index is 0.119.